The van der Waals surface area contributed by atoms with E-state index in [-0.39, 0.29) is 35.3 Å². The molecule has 1 aliphatic heterocycles. The molecule has 1 rings (SSSR count). The number of aliphatic hydroxyl groups is 1. The lowest BCUT2D eigenvalue weighted by Crippen LogP contribution is -2.28. The van der Waals surface area contributed by atoms with Gasteiger partial charge in [-0.3, -0.25) is 0 Å². The summed E-state index contributed by atoms with van der Waals surface area (Å²) >= 11 is 0. The lowest BCUT2D eigenvalue weighted by atomic mass is 9.97. The van der Waals surface area contributed by atoms with Gasteiger partial charge in [-0.1, -0.05) is 6.08 Å². The average molecular weight is 494 g/mol. The van der Waals surface area contributed by atoms with E-state index >= 15 is 0 Å². The van der Waals surface area contributed by atoms with Crippen molar-refractivity contribution in [1.29, 1.82) is 0 Å². The topological polar surface area (TPSA) is 144 Å². The Balaban J connectivity index is 3.29. The quantitative estimate of drug-likeness (QED) is 0.391. The van der Waals surface area contributed by atoms with Crippen LogP contribution in [0.2, 0.25) is 0 Å². The molecule has 12 heteroatoms. The predicted octanol–water partition coefficient (Wildman–Crippen LogP) is 0.00510. The van der Waals surface area contributed by atoms with E-state index in [9.17, 15) is 26.4 Å². The van der Waals surface area contributed by atoms with Gasteiger partial charge in [0, 0.05) is 38.4 Å². The first-order chi connectivity index (χ1) is 14.7. The van der Waals surface area contributed by atoms with Crippen LogP contribution in [-0.2, 0) is 38.7 Å². The van der Waals surface area contributed by atoms with E-state index in [0.29, 0.717) is 18.4 Å². The smallest absolute Gasteiger partial charge is 0.340 e. The first-order valence-corrected chi connectivity index (χ1v) is 14.0. The zero-order valence-corrected chi connectivity index (χ0v) is 20.4. The van der Waals surface area contributed by atoms with E-state index < -0.39 is 44.8 Å². The summed E-state index contributed by atoms with van der Waals surface area (Å²) in [6.45, 7) is 1.01. The van der Waals surface area contributed by atoms with Crippen LogP contribution in [0.25, 0.3) is 0 Å². The van der Waals surface area contributed by atoms with Crippen molar-refractivity contribution in [3.05, 3.63) is 35.1 Å². The highest BCUT2D eigenvalue weighted by atomic mass is 32.2. The Morgan fingerprint density at radius 2 is 1.50 bits per heavy atom. The van der Waals surface area contributed by atoms with E-state index in [1.54, 1.807) is 11.9 Å². The van der Waals surface area contributed by atoms with E-state index in [2.05, 4.69) is 0 Å². The molecule has 0 bridgehead atoms. The van der Waals surface area contributed by atoms with Crippen LogP contribution in [0.5, 0.6) is 0 Å². The lowest BCUT2D eigenvalue weighted by molar-refractivity contribution is -0.142. The van der Waals surface area contributed by atoms with Gasteiger partial charge in [-0.15, -0.1) is 0 Å². The number of likely N-dealkylation sites (N-methyl/N-ethyl adjacent to an activating group) is 1. The Morgan fingerprint density at radius 1 is 1.00 bits per heavy atom. The average Bonchev–Trinajstić information content (AvgIpc) is 2.64. The van der Waals surface area contributed by atoms with Gasteiger partial charge in [-0.2, -0.15) is 0 Å². The molecule has 0 aliphatic carbocycles. The van der Waals surface area contributed by atoms with Crippen LogP contribution in [-0.4, -0.2) is 95.7 Å². The minimum Gasteiger partial charge on any atom is -0.461 e. The predicted molar refractivity (Wildman–Crippen MR) is 119 cm³/mol. The molecule has 1 atom stereocenters. The number of carbonyl (C=O) groups is 2. The monoisotopic (exact) mass is 493 g/mol. The largest absolute Gasteiger partial charge is 0.461 e. The van der Waals surface area contributed by atoms with E-state index in [1.807, 2.05) is 13.0 Å². The van der Waals surface area contributed by atoms with Crippen LogP contribution in [0.15, 0.2) is 35.1 Å². The van der Waals surface area contributed by atoms with Gasteiger partial charge in [-0.25, -0.2) is 26.4 Å². The van der Waals surface area contributed by atoms with Crippen LogP contribution in [0.3, 0.4) is 0 Å². The van der Waals surface area contributed by atoms with Crippen molar-refractivity contribution >= 4 is 31.6 Å². The zero-order valence-electron chi connectivity index (χ0n) is 18.7. The maximum atomic E-state index is 12.8. The van der Waals surface area contributed by atoms with Crippen molar-refractivity contribution in [2.75, 3.05) is 50.9 Å². The number of ether oxygens (including phenoxy) is 2. The van der Waals surface area contributed by atoms with Gasteiger partial charge in [0.15, 0.2) is 19.7 Å². The Labute approximate surface area is 189 Å². The van der Waals surface area contributed by atoms with Crippen molar-refractivity contribution in [3.63, 3.8) is 0 Å². The Kier molecular flexibility index (Phi) is 10.6. The molecule has 1 unspecified atom stereocenters. The highest BCUT2D eigenvalue weighted by Crippen LogP contribution is 2.24. The van der Waals surface area contributed by atoms with Gasteiger partial charge >= 0.3 is 11.9 Å². The summed E-state index contributed by atoms with van der Waals surface area (Å²) in [5, 5.41) is 9.17. The first-order valence-electron chi connectivity index (χ1n) is 9.90. The molecule has 0 amide bonds. The van der Waals surface area contributed by atoms with Crippen molar-refractivity contribution in [1.82, 2.24) is 4.90 Å². The lowest BCUT2D eigenvalue weighted by Gasteiger charge is -2.25. The number of hydrogen-bond acceptors (Lipinski definition) is 10. The molecule has 0 radical (unpaired) electrons. The van der Waals surface area contributed by atoms with Gasteiger partial charge in [0.25, 0.3) is 0 Å². The standard InChI is InChI=1S/C20H31NO9S2/c1-15-12-16(6-5-7-22)13-17(19(23)29-8-10-31(3,25)26)18(14-21(15)2)20(24)30-9-11-32(4,27)28/h12-15,22H,5-11H2,1-4H3. The van der Waals surface area contributed by atoms with Crippen molar-refractivity contribution < 1.29 is 41.0 Å². The third kappa shape index (κ3) is 10.4. The molecular weight excluding hydrogens is 462 g/mol. The molecule has 0 aromatic heterocycles. The fourth-order valence-electron chi connectivity index (χ4n) is 2.63. The fourth-order valence-corrected chi connectivity index (χ4v) is 3.40. The minimum atomic E-state index is -3.37. The number of esters is 2. The van der Waals surface area contributed by atoms with Crippen LogP contribution in [0, 0.1) is 0 Å². The minimum absolute atomic E-state index is 0.0697. The molecule has 182 valence electrons. The number of hydrogen-bond donors (Lipinski definition) is 1. The summed E-state index contributed by atoms with van der Waals surface area (Å²) in [4.78, 5) is 27.2. The maximum absolute atomic E-state index is 12.8. The molecular formula is C20H31NO9S2. The third-order valence-electron chi connectivity index (χ3n) is 4.49. The van der Waals surface area contributed by atoms with Gasteiger partial charge in [0.1, 0.15) is 13.2 Å². The number of allylic oxidation sites excluding steroid dienone is 2. The maximum Gasteiger partial charge on any atom is 0.340 e. The van der Waals surface area contributed by atoms with E-state index in [4.69, 9.17) is 14.6 Å². The molecule has 0 saturated carbocycles. The second kappa shape index (κ2) is 12.2. The summed E-state index contributed by atoms with van der Waals surface area (Å²) in [5.41, 5.74) is 0.376. The molecule has 1 aliphatic rings. The van der Waals surface area contributed by atoms with Crippen molar-refractivity contribution in [2.45, 2.75) is 25.8 Å². The summed E-state index contributed by atoms with van der Waals surface area (Å²) in [6.07, 6.45) is 7.57. The number of sulfone groups is 2. The van der Waals surface area contributed by atoms with Gasteiger partial charge in [0.2, 0.25) is 0 Å². The van der Waals surface area contributed by atoms with Crippen LogP contribution >= 0.6 is 0 Å². The number of carbonyl (C=O) groups excluding carboxylic acids is 2. The van der Waals surface area contributed by atoms with Crippen LogP contribution in [0.4, 0.5) is 0 Å². The molecule has 0 spiro atoms. The molecule has 0 fully saturated rings. The molecule has 0 saturated heterocycles. The van der Waals surface area contributed by atoms with E-state index in [0.717, 1.165) is 12.5 Å². The second-order valence-corrected chi connectivity index (χ2v) is 12.1. The van der Waals surface area contributed by atoms with Crippen molar-refractivity contribution in [3.8, 4) is 0 Å². The molecule has 32 heavy (non-hydrogen) atoms. The highest BCUT2D eigenvalue weighted by Gasteiger charge is 2.27. The van der Waals surface area contributed by atoms with E-state index in [1.165, 1.54) is 12.3 Å². The summed E-state index contributed by atoms with van der Waals surface area (Å²) in [5.74, 6) is -2.59. The SMILES string of the molecule is CC1C=C(CCCO)C=C(C(=O)OCCS(C)(=O)=O)C(C(=O)OCCS(C)(=O)=O)=CN1C. The highest BCUT2D eigenvalue weighted by molar-refractivity contribution is 7.90. The molecule has 1 N–H and O–H groups in total. The Hall–Kier alpha value is -2.18. The molecule has 0 aromatic carbocycles. The normalized spacial score (nSPS) is 17.5. The summed E-state index contributed by atoms with van der Waals surface area (Å²) in [6, 6.07) is -0.165. The number of aliphatic hydroxyl groups excluding tert-OH is 1. The summed E-state index contributed by atoms with van der Waals surface area (Å²) < 4.78 is 55.5. The van der Waals surface area contributed by atoms with Gasteiger partial charge in [0.05, 0.1) is 22.7 Å². The van der Waals surface area contributed by atoms with Crippen LogP contribution in [0.1, 0.15) is 19.8 Å². The van der Waals surface area contributed by atoms with Gasteiger partial charge < -0.3 is 19.5 Å². The molecule has 1 heterocycles. The second-order valence-electron chi connectivity index (χ2n) is 7.61. The zero-order chi connectivity index (χ0) is 24.5. The summed E-state index contributed by atoms with van der Waals surface area (Å²) in [7, 11) is -5.04. The van der Waals surface area contributed by atoms with Crippen LogP contribution < -0.4 is 0 Å². The van der Waals surface area contributed by atoms with Gasteiger partial charge in [-0.05, 0) is 31.4 Å². The fraction of sp³-hybridized carbons (Fsp3) is 0.600. The molecule has 10 nitrogen and oxygen atoms in total. The Morgan fingerprint density at radius 3 is 1.97 bits per heavy atom. The number of rotatable bonds is 11. The first kappa shape index (κ1) is 27.9. The Bertz CT molecular complexity index is 992. The van der Waals surface area contributed by atoms with Crippen molar-refractivity contribution in [2.24, 2.45) is 0 Å². The third-order valence-corrected chi connectivity index (χ3v) is 6.30. The number of nitrogens with zero attached hydrogens (tertiary/aromatic N) is 1. The molecule has 0 aromatic rings.